The maximum Gasteiger partial charge on any atom is 0.435 e. The van der Waals surface area contributed by atoms with Crippen LogP contribution in [0.2, 0.25) is 0 Å². The Hall–Kier alpha value is -6.37. The molecule has 312 valence electrons. The zero-order valence-electron chi connectivity index (χ0n) is 31.7. The van der Waals surface area contributed by atoms with Gasteiger partial charge in [-0.3, -0.25) is 19.3 Å². The van der Waals surface area contributed by atoms with Crippen LogP contribution in [0, 0.1) is 17.6 Å². The number of piperazine rings is 1. The van der Waals surface area contributed by atoms with Crippen molar-refractivity contribution in [3.05, 3.63) is 130 Å². The molecule has 0 unspecified atom stereocenters. The standard InChI is InChI=1S/C42H32F7N9O2S/c43-24-13-21(14-25(44)17-24)15-31(52-33(59)20-58-37-34(36(55-58)42(47,48)49)27-3-4-30(27)41(37,45)46)35-28(22-1-2-23-19-51-39(60)29(23)16-22)18-32-38(53-35)54-40(61-32)57-11-9-56(10-12-57)26-5-7-50-8-6-26/h1-8,13-14,16-18,27,30-31H,9-12,15,19-20H2,(H,51,60)(H,52,59)/t27-,30+,31+/m0/s1. The fraction of sp³-hybridized carbons (Fsp3) is 0.286. The number of nitrogens with one attached hydrogen (secondary N) is 2. The Bertz CT molecular complexity index is 2760. The first-order valence-electron chi connectivity index (χ1n) is 19.3. The minimum atomic E-state index is -5.08. The molecule has 10 rings (SSSR count). The molecule has 6 heterocycles. The normalized spacial score (nSPS) is 19.4. The summed E-state index contributed by atoms with van der Waals surface area (Å²) in [5.41, 5.74) is 0.488. The molecule has 2 N–H and O–H groups in total. The van der Waals surface area contributed by atoms with Crippen LogP contribution in [0.25, 0.3) is 21.5 Å². The van der Waals surface area contributed by atoms with Gasteiger partial charge in [0.1, 0.15) is 23.9 Å². The van der Waals surface area contributed by atoms with Crippen LogP contribution in [0.4, 0.5) is 41.6 Å². The Morgan fingerprint density at radius 3 is 2.38 bits per heavy atom. The van der Waals surface area contributed by atoms with Gasteiger partial charge in [0, 0.05) is 79.5 Å². The van der Waals surface area contributed by atoms with Gasteiger partial charge in [0.2, 0.25) is 5.91 Å². The molecule has 4 aromatic heterocycles. The summed E-state index contributed by atoms with van der Waals surface area (Å²) in [6, 6.07) is 12.4. The number of carbonyl (C=O) groups excluding carboxylic acids is 2. The van der Waals surface area contributed by atoms with Crippen molar-refractivity contribution < 1.29 is 40.3 Å². The summed E-state index contributed by atoms with van der Waals surface area (Å²) >= 11 is 1.38. The van der Waals surface area contributed by atoms with Crippen molar-refractivity contribution in [3.63, 3.8) is 0 Å². The minimum absolute atomic E-state index is 0.0866. The maximum absolute atomic E-state index is 15.6. The maximum atomic E-state index is 15.6. The average Bonchev–Trinajstić information content (AvgIpc) is 3.94. The number of alkyl halides is 5. The summed E-state index contributed by atoms with van der Waals surface area (Å²) in [6.45, 7) is 1.95. The monoisotopic (exact) mass is 859 g/mol. The van der Waals surface area contributed by atoms with Crippen LogP contribution in [-0.4, -0.2) is 62.7 Å². The number of halogens is 7. The predicted octanol–water partition coefficient (Wildman–Crippen LogP) is 7.29. The molecule has 2 aromatic carbocycles. The van der Waals surface area contributed by atoms with Gasteiger partial charge in [-0.2, -0.15) is 32.0 Å². The number of nitrogens with zero attached hydrogens (tertiary/aromatic N) is 7. The van der Waals surface area contributed by atoms with Crippen molar-refractivity contribution in [2.45, 2.75) is 43.6 Å². The number of carbonyl (C=O) groups is 2. The van der Waals surface area contributed by atoms with Gasteiger partial charge in [0.25, 0.3) is 11.8 Å². The van der Waals surface area contributed by atoms with E-state index in [2.05, 4.69) is 30.5 Å². The Morgan fingerprint density at radius 2 is 1.67 bits per heavy atom. The smallest absolute Gasteiger partial charge is 0.368 e. The third kappa shape index (κ3) is 6.83. The second-order valence-electron chi connectivity index (χ2n) is 15.4. The van der Waals surface area contributed by atoms with Crippen LogP contribution in [0.3, 0.4) is 0 Å². The lowest BCUT2D eigenvalue weighted by Crippen LogP contribution is -2.46. The lowest BCUT2D eigenvalue weighted by molar-refractivity contribution is -0.142. The van der Waals surface area contributed by atoms with Crippen LogP contribution < -0.4 is 20.4 Å². The molecule has 2 aliphatic heterocycles. The van der Waals surface area contributed by atoms with Gasteiger partial charge in [-0.15, -0.1) is 0 Å². The van der Waals surface area contributed by atoms with E-state index in [4.69, 9.17) is 9.97 Å². The number of fused-ring (bicyclic) bond motifs is 5. The van der Waals surface area contributed by atoms with Crippen LogP contribution in [0.1, 0.15) is 56.1 Å². The molecule has 61 heavy (non-hydrogen) atoms. The Kier molecular flexibility index (Phi) is 9.15. The molecule has 11 nitrogen and oxygen atoms in total. The molecule has 0 bridgehead atoms. The fourth-order valence-corrected chi connectivity index (χ4v) is 9.73. The number of rotatable bonds is 9. The van der Waals surface area contributed by atoms with E-state index < -0.39 is 71.0 Å². The van der Waals surface area contributed by atoms with Crippen molar-refractivity contribution in [1.29, 1.82) is 0 Å². The molecule has 3 atom stereocenters. The van der Waals surface area contributed by atoms with Gasteiger partial charge < -0.3 is 20.4 Å². The Morgan fingerprint density at radius 1 is 0.934 bits per heavy atom. The molecule has 4 aliphatic rings. The molecule has 6 aromatic rings. The van der Waals surface area contributed by atoms with E-state index in [0.29, 0.717) is 70.0 Å². The number of thiazole rings is 1. The second kappa shape index (κ2) is 14.4. The number of hydrogen-bond acceptors (Lipinski definition) is 9. The first kappa shape index (κ1) is 38.8. The van der Waals surface area contributed by atoms with Crippen molar-refractivity contribution in [2.75, 3.05) is 36.0 Å². The van der Waals surface area contributed by atoms with Gasteiger partial charge in [-0.05, 0) is 59.5 Å². The number of anilines is 2. The highest BCUT2D eigenvalue weighted by Crippen LogP contribution is 2.60. The molecule has 1 saturated heterocycles. The van der Waals surface area contributed by atoms with Gasteiger partial charge in [0.05, 0.1) is 22.4 Å². The molecule has 0 radical (unpaired) electrons. The van der Waals surface area contributed by atoms with E-state index in [1.807, 2.05) is 12.1 Å². The molecule has 2 amide bonds. The summed E-state index contributed by atoms with van der Waals surface area (Å²) in [5.74, 6) is -9.59. The molecule has 1 fully saturated rings. The van der Waals surface area contributed by atoms with Crippen molar-refractivity contribution in [3.8, 4) is 11.1 Å². The molecule has 0 spiro atoms. The van der Waals surface area contributed by atoms with Crippen molar-refractivity contribution in [2.24, 2.45) is 5.92 Å². The quantitative estimate of drug-likeness (QED) is 0.115. The first-order chi connectivity index (χ1) is 29.2. The highest BCUT2D eigenvalue weighted by molar-refractivity contribution is 7.22. The third-order valence-electron chi connectivity index (χ3n) is 11.6. The zero-order chi connectivity index (χ0) is 42.4. The van der Waals surface area contributed by atoms with Gasteiger partial charge in [0.15, 0.2) is 16.5 Å². The number of allylic oxidation sites excluding steroid dienone is 2. The van der Waals surface area contributed by atoms with E-state index in [9.17, 15) is 31.5 Å². The van der Waals surface area contributed by atoms with Crippen molar-refractivity contribution >= 4 is 44.3 Å². The van der Waals surface area contributed by atoms with Crippen LogP contribution in [0.15, 0.2) is 79.1 Å². The molecule has 2 aliphatic carbocycles. The van der Waals surface area contributed by atoms with E-state index in [-0.39, 0.29) is 29.2 Å². The summed E-state index contributed by atoms with van der Waals surface area (Å²) in [5, 5.41) is 9.68. The van der Waals surface area contributed by atoms with Gasteiger partial charge >= 0.3 is 6.18 Å². The number of benzene rings is 2. The van der Waals surface area contributed by atoms with Crippen LogP contribution >= 0.6 is 11.3 Å². The van der Waals surface area contributed by atoms with Crippen LogP contribution in [-0.2, 0) is 36.4 Å². The molecular formula is C42H32F7N9O2S. The molecule has 0 saturated carbocycles. The minimum Gasteiger partial charge on any atom is -0.368 e. The summed E-state index contributed by atoms with van der Waals surface area (Å²) < 4.78 is 104. The molecule has 19 heteroatoms. The molecular weight excluding hydrogens is 828 g/mol. The SMILES string of the molecule is O=C(Cn1nc(C(F)(F)F)c2c1C(F)(F)[C@@H]1C=C[C@H]21)N[C@H](Cc1cc(F)cc(F)c1)c1nc2nc(N3CCN(c4ccncc4)CC3)sc2cc1-c1ccc2c(c1)C(=O)NC2. The number of aromatic nitrogens is 5. The summed E-state index contributed by atoms with van der Waals surface area (Å²) in [4.78, 5) is 45.1. The number of hydrogen-bond donors (Lipinski definition) is 2. The summed E-state index contributed by atoms with van der Waals surface area (Å²) in [7, 11) is 0. The van der Waals surface area contributed by atoms with E-state index in [1.165, 1.54) is 17.4 Å². The predicted molar refractivity (Wildman–Crippen MR) is 210 cm³/mol. The van der Waals surface area contributed by atoms with E-state index in [1.54, 1.807) is 36.7 Å². The second-order valence-corrected chi connectivity index (χ2v) is 16.4. The third-order valence-corrected chi connectivity index (χ3v) is 12.7. The topological polar surface area (TPSA) is 121 Å². The van der Waals surface area contributed by atoms with Crippen molar-refractivity contribution in [1.82, 2.24) is 35.4 Å². The van der Waals surface area contributed by atoms with E-state index in [0.717, 1.165) is 29.5 Å². The number of amides is 2. The summed E-state index contributed by atoms with van der Waals surface area (Å²) in [6.07, 6.45) is 0.498. The largest absolute Gasteiger partial charge is 0.435 e. The Labute approximate surface area is 345 Å². The van der Waals surface area contributed by atoms with E-state index >= 15 is 8.78 Å². The first-order valence-corrected chi connectivity index (χ1v) is 20.1. The van der Waals surface area contributed by atoms with Crippen LogP contribution in [0.5, 0.6) is 0 Å². The fourth-order valence-electron chi connectivity index (χ4n) is 8.73. The number of pyridine rings is 2. The lowest BCUT2D eigenvalue weighted by Gasteiger charge is -2.35. The zero-order valence-corrected chi connectivity index (χ0v) is 32.5. The highest BCUT2D eigenvalue weighted by atomic mass is 32.1. The Balaban J connectivity index is 1.05. The lowest BCUT2D eigenvalue weighted by atomic mass is 9.81. The van der Waals surface area contributed by atoms with Gasteiger partial charge in [-0.25, -0.2) is 13.8 Å². The average molecular weight is 860 g/mol. The van der Waals surface area contributed by atoms with Gasteiger partial charge in [-0.1, -0.05) is 35.6 Å². The highest BCUT2D eigenvalue weighted by Gasteiger charge is 2.61.